The van der Waals surface area contributed by atoms with Crippen molar-refractivity contribution in [2.24, 2.45) is 0 Å². The van der Waals surface area contributed by atoms with Gasteiger partial charge in [-0.1, -0.05) is 0 Å². The highest BCUT2D eigenvalue weighted by molar-refractivity contribution is 5.94. The fourth-order valence-corrected chi connectivity index (χ4v) is 3.36. The number of piperazine rings is 1. The minimum absolute atomic E-state index is 0.0218. The van der Waals surface area contributed by atoms with Crippen molar-refractivity contribution in [1.82, 2.24) is 25.1 Å². The molecule has 1 amide bonds. The van der Waals surface area contributed by atoms with Crippen molar-refractivity contribution < 1.29 is 9.53 Å². The first-order chi connectivity index (χ1) is 15.1. The maximum absolute atomic E-state index is 12.7. The van der Waals surface area contributed by atoms with Crippen LogP contribution in [0.1, 0.15) is 22.8 Å². The third-order valence-corrected chi connectivity index (χ3v) is 4.99. The van der Waals surface area contributed by atoms with Crippen LogP contribution in [0.5, 0.6) is 5.88 Å². The number of rotatable bonds is 6. The van der Waals surface area contributed by atoms with E-state index in [2.05, 4.69) is 30.4 Å². The molecule has 0 unspecified atom stereocenters. The van der Waals surface area contributed by atoms with E-state index in [0.717, 1.165) is 17.2 Å². The first-order valence-corrected chi connectivity index (χ1v) is 10.3. The number of aryl methyl sites for hydroxylation is 1. The molecule has 1 aliphatic rings. The molecular formula is C22H25N7O2. The number of pyridine rings is 2. The molecule has 0 spiro atoms. The summed E-state index contributed by atoms with van der Waals surface area (Å²) in [6, 6.07) is 11.2. The number of nitrogens with zero attached hydrogens (tertiary/aromatic N) is 6. The number of carbonyl (C=O) groups is 1. The number of amides is 1. The van der Waals surface area contributed by atoms with E-state index in [1.807, 2.05) is 43.0 Å². The largest absolute Gasteiger partial charge is 0.478 e. The molecule has 4 heterocycles. The summed E-state index contributed by atoms with van der Waals surface area (Å²) in [5.74, 6) is 2.67. The normalized spacial score (nSPS) is 13.7. The fourth-order valence-electron chi connectivity index (χ4n) is 3.36. The Kier molecular flexibility index (Phi) is 6.21. The second kappa shape index (κ2) is 9.38. The predicted octanol–water partition coefficient (Wildman–Crippen LogP) is 2.68. The zero-order valence-corrected chi connectivity index (χ0v) is 17.7. The molecule has 9 nitrogen and oxygen atoms in total. The number of aromatic nitrogens is 4. The lowest BCUT2D eigenvalue weighted by molar-refractivity contribution is 0.0746. The first kappa shape index (κ1) is 20.5. The summed E-state index contributed by atoms with van der Waals surface area (Å²) < 4.78 is 5.33. The number of carbonyl (C=O) groups excluding carboxylic acids is 1. The Hall–Kier alpha value is -3.75. The Morgan fingerprint density at radius 2 is 1.87 bits per heavy atom. The van der Waals surface area contributed by atoms with Crippen LogP contribution in [0.15, 0.2) is 48.8 Å². The topological polar surface area (TPSA) is 96.4 Å². The van der Waals surface area contributed by atoms with Gasteiger partial charge in [-0.25, -0.2) is 9.97 Å². The van der Waals surface area contributed by atoms with E-state index >= 15 is 0 Å². The predicted molar refractivity (Wildman–Crippen MR) is 118 cm³/mol. The molecule has 160 valence electrons. The van der Waals surface area contributed by atoms with Crippen LogP contribution >= 0.6 is 0 Å². The van der Waals surface area contributed by atoms with Crippen LogP contribution in [0, 0.1) is 6.92 Å². The van der Waals surface area contributed by atoms with E-state index in [1.165, 1.54) is 0 Å². The molecule has 0 saturated carbocycles. The van der Waals surface area contributed by atoms with Gasteiger partial charge < -0.3 is 19.9 Å². The molecule has 9 heteroatoms. The number of nitrogens with one attached hydrogen (secondary N) is 1. The molecule has 0 bridgehead atoms. The summed E-state index contributed by atoms with van der Waals surface area (Å²) in [6.07, 6.45) is 3.32. The summed E-state index contributed by atoms with van der Waals surface area (Å²) >= 11 is 0. The smallest absolute Gasteiger partial charge is 0.255 e. The maximum Gasteiger partial charge on any atom is 0.255 e. The molecule has 31 heavy (non-hydrogen) atoms. The maximum atomic E-state index is 12.7. The third kappa shape index (κ3) is 5.06. The monoisotopic (exact) mass is 419 g/mol. The van der Waals surface area contributed by atoms with Crippen LogP contribution in [0.3, 0.4) is 0 Å². The van der Waals surface area contributed by atoms with Gasteiger partial charge in [0.15, 0.2) is 11.6 Å². The van der Waals surface area contributed by atoms with Gasteiger partial charge in [-0.3, -0.25) is 4.79 Å². The molecule has 0 aromatic carbocycles. The molecule has 0 radical (unpaired) electrons. The minimum Gasteiger partial charge on any atom is -0.478 e. The van der Waals surface area contributed by atoms with E-state index in [9.17, 15) is 4.79 Å². The minimum atomic E-state index is -0.0218. The van der Waals surface area contributed by atoms with Gasteiger partial charge in [-0.2, -0.15) is 0 Å². The standard InChI is InChI=1S/C22H25N7O2/c1-3-31-21-7-4-17(15-24-21)22(30)29-12-10-28(11-13-29)20-6-5-18(26-27-20)25-19-14-16(2)8-9-23-19/h4-9,14-15H,3,10-13H2,1-2H3,(H,23,25,26). The number of hydrogen-bond acceptors (Lipinski definition) is 8. The average Bonchev–Trinajstić information content (AvgIpc) is 2.80. The summed E-state index contributed by atoms with van der Waals surface area (Å²) in [7, 11) is 0. The van der Waals surface area contributed by atoms with Crippen molar-refractivity contribution in [2.45, 2.75) is 13.8 Å². The molecule has 1 N–H and O–H groups in total. The van der Waals surface area contributed by atoms with Crippen molar-refractivity contribution in [2.75, 3.05) is 43.0 Å². The van der Waals surface area contributed by atoms with Crippen LogP contribution < -0.4 is 15.0 Å². The molecule has 1 saturated heterocycles. The van der Waals surface area contributed by atoms with Gasteiger partial charge in [0, 0.05) is 44.6 Å². The Labute approximate surface area is 181 Å². The summed E-state index contributed by atoms with van der Waals surface area (Å²) in [5.41, 5.74) is 1.69. The van der Waals surface area contributed by atoms with Gasteiger partial charge >= 0.3 is 0 Å². The Bertz CT molecular complexity index is 1020. The van der Waals surface area contributed by atoms with Crippen molar-refractivity contribution in [3.63, 3.8) is 0 Å². The zero-order chi connectivity index (χ0) is 21.6. The quantitative estimate of drug-likeness (QED) is 0.651. The van der Waals surface area contributed by atoms with Gasteiger partial charge in [0.1, 0.15) is 5.82 Å². The lowest BCUT2D eigenvalue weighted by Gasteiger charge is -2.35. The van der Waals surface area contributed by atoms with Crippen molar-refractivity contribution in [3.8, 4) is 5.88 Å². The van der Waals surface area contributed by atoms with Crippen LogP contribution in [0.4, 0.5) is 17.5 Å². The second-order valence-corrected chi connectivity index (χ2v) is 7.22. The van der Waals surface area contributed by atoms with Gasteiger partial charge in [-0.05, 0) is 49.7 Å². The highest BCUT2D eigenvalue weighted by atomic mass is 16.5. The Balaban J connectivity index is 1.32. The molecule has 1 fully saturated rings. The lowest BCUT2D eigenvalue weighted by atomic mass is 10.2. The van der Waals surface area contributed by atoms with Crippen molar-refractivity contribution in [1.29, 1.82) is 0 Å². The van der Waals surface area contributed by atoms with Crippen LogP contribution in [-0.4, -0.2) is 63.8 Å². The third-order valence-electron chi connectivity index (χ3n) is 4.99. The lowest BCUT2D eigenvalue weighted by Crippen LogP contribution is -2.49. The van der Waals surface area contributed by atoms with Crippen molar-refractivity contribution in [3.05, 3.63) is 59.9 Å². The molecule has 0 aliphatic carbocycles. The summed E-state index contributed by atoms with van der Waals surface area (Å²) in [5, 5.41) is 11.8. The van der Waals surface area contributed by atoms with E-state index in [4.69, 9.17) is 4.74 Å². The Morgan fingerprint density at radius 1 is 1.03 bits per heavy atom. The SMILES string of the molecule is CCOc1ccc(C(=O)N2CCN(c3ccc(Nc4cc(C)ccn4)nn3)CC2)cn1. The van der Waals surface area contributed by atoms with Gasteiger partial charge in [0.2, 0.25) is 5.88 Å². The first-order valence-electron chi connectivity index (χ1n) is 10.3. The zero-order valence-electron chi connectivity index (χ0n) is 17.7. The van der Waals surface area contributed by atoms with E-state index in [-0.39, 0.29) is 5.91 Å². The molecule has 4 rings (SSSR count). The summed E-state index contributed by atoms with van der Waals surface area (Å²) in [4.78, 5) is 25.2. The highest BCUT2D eigenvalue weighted by Crippen LogP contribution is 2.18. The van der Waals surface area contributed by atoms with E-state index in [0.29, 0.717) is 50.0 Å². The molecule has 3 aromatic rings. The van der Waals surface area contributed by atoms with Crippen LogP contribution in [0.25, 0.3) is 0 Å². The summed E-state index contributed by atoms with van der Waals surface area (Å²) in [6.45, 7) is 7.06. The Morgan fingerprint density at radius 3 is 2.52 bits per heavy atom. The molecular weight excluding hydrogens is 394 g/mol. The average molecular weight is 419 g/mol. The van der Waals surface area contributed by atoms with Gasteiger partial charge in [0.25, 0.3) is 5.91 Å². The fraction of sp³-hybridized carbons (Fsp3) is 0.318. The molecule has 0 atom stereocenters. The van der Waals surface area contributed by atoms with Gasteiger partial charge in [-0.15, -0.1) is 10.2 Å². The van der Waals surface area contributed by atoms with Gasteiger partial charge in [0.05, 0.1) is 12.2 Å². The van der Waals surface area contributed by atoms with Crippen LogP contribution in [0.2, 0.25) is 0 Å². The number of anilines is 3. The molecule has 1 aliphatic heterocycles. The molecule has 3 aromatic heterocycles. The highest BCUT2D eigenvalue weighted by Gasteiger charge is 2.23. The number of ether oxygens (including phenoxy) is 1. The second-order valence-electron chi connectivity index (χ2n) is 7.22. The number of hydrogen-bond donors (Lipinski definition) is 1. The van der Waals surface area contributed by atoms with Crippen molar-refractivity contribution >= 4 is 23.4 Å². The van der Waals surface area contributed by atoms with E-state index in [1.54, 1.807) is 24.5 Å². The van der Waals surface area contributed by atoms with Crippen LogP contribution in [-0.2, 0) is 0 Å². The van der Waals surface area contributed by atoms with E-state index < -0.39 is 0 Å².